The number of amides is 1. The lowest BCUT2D eigenvalue weighted by Gasteiger charge is -2.16. The van der Waals surface area contributed by atoms with Crippen molar-refractivity contribution in [3.8, 4) is 11.3 Å². The Bertz CT molecular complexity index is 811. The molecule has 0 N–H and O–H groups in total. The molecule has 4 rings (SSSR count). The van der Waals surface area contributed by atoms with E-state index in [1.807, 2.05) is 47.4 Å². The highest BCUT2D eigenvalue weighted by molar-refractivity contribution is 5.95. The molecule has 3 aromatic rings. The van der Waals surface area contributed by atoms with Crippen LogP contribution in [0.15, 0.2) is 71.6 Å². The Hall–Kier alpha value is -2.88. The molecular weight excluding hydrogens is 300 g/mol. The van der Waals surface area contributed by atoms with Gasteiger partial charge < -0.3 is 9.32 Å². The molecule has 0 radical (unpaired) electrons. The topological polar surface area (TPSA) is 46.3 Å². The molecule has 1 saturated heterocycles. The Labute approximate surface area is 140 Å². The summed E-state index contributed by atoms with van der Waals surface area (Å²) in [6, 6.07) is 18.2. The standard InChI is InChI=1S/C20H18N2O2/c23-20-11-16(13-22(20)18-4-2-1-3-5-18)10-15-6-8-17(9-7-15)19-12-21-14-24-19/h1-9,12,14,16H,10-11,13H2. The number of oxazole rings is 1. The fraction of sp³-hybridized carbons (Fsp3) is 0.200. The molecule has 0 spiro atoms. The van der Waals surface area contributed by atoms with Gasteiger partial charge in [0.05, 0.1) is 6.20 Å². The molecule has 2 aromatic carbocycles. The number of nitrogens with zero attached hydrogens (tertiary/aromatic N) is 2. The van der Waals surface area contributed by atoms with Gasteiger partial charge in [-0.15, -0.1) is 0 Å². The highest BCUT2D eigenvalue weighted by Crippen LogP contribution is 2.28. The van der Waals surface area contributed by atoms with Crippen LogP contribution < -0.4 is 4.90 Å². The average Bonchev–Trinajstić information content (AvgIpc) is 3.26. The molecule has 1 aliphatic heterocycles. The van der Waals surface area contributed by atoms with Gasteiger partial charge in [-0.3, -0.25) is 4.79 Å². The summed E-state index contributed by atoms with van der Waals surface area (Å²) in [6.07, 6.45) is 4.67. The van der Waals surface area contributed by atoms with E-state index in [9.17, 15) is 4.79 Å². The third-order valence-corrected chi connectivity index (χ3v) is 4.47. The summed E-state index contributed by atoms with van der Waals surface area (Å²) < 4.78 is 5.31. The maximum Gasteiger partial charge on any atom is 0.227 e. The second kappa shape index (κ2) is 6.32. The van der Waals surface area contributed by atoms with Gasteiger partial charge in [-0.1, -0.05) is 42.5 Å². The third kappa shape index (κ3) is 2.95. The van der Waals surface area contributed by atoms with Gasteiger partial charge in [0.15, 0.2) is 12.2 Å². The van der Waals surface area contributed by atoms with Gasteiger partial charge >= 0.3 is 0 Å². The molecule has 1 atom stereocenters. The normalized spacial score (nSPS) is 17.4. The van der Waals surface area contributed by atoms with Gasteiger partial charge in [-0.25, -0.2) is 4.98 Å². The highest BCUT2D eigenvalue weighted by atomic mass is 16.3. The molecule has 0 aliphatic carbocycles. The summed E-state index contributed by atoms with van der Waals surface area (Å²) in [7, 11) is 0. The van der Waals surface area contributed by atoms with E-state index >= 15 is 0 Å². The Balaban J connectivity index is 1.44. The molecule has 4 heteroatoms. The molecule has 4 nitrogen and oxygen atoms in total. The van der Waals surface area contributed by atoms with Crippen molar-refractivity contribution in [1.82, 2.24) is 4.98 Å². The predicted octanol–water partition coefficient (Wildman–Crippen LogP) is 3.94. The number of rotatable bonds is 4. The minimum absolute atomic E-state index is 0.212. The largest absolute Gasteiger partial charge is 0.444 e. The van der Waals surface area contributed by atoms with E-state index in [0.29, 0.717) is 12.3 Å². The van der Waals surface area contributed by atoms with Crippen LogP contribution in [0.3, 0.4) is 0 Å². The highest BCUT2D eigenvalue weighted by Gasteiger charge is 2.30. The van der Waals surface area contributed by atoms with E-state index in [4.69, 9.17) is 4.42 Å². The van der Waals surface area contributed by atoms with Crippen molar-refractivity contribution >= 4 is 11.6 Å². The van der Waals surface area contributed by atoms with E-state index in [1.54, 1.807) is 6.20 Å². The maximum atomic E-state index is 12.3. The lowest BCUT2D eigenvalue weighted by atomic mass is 9.97. The zero-order valence-corrected chi connectivity index (χ0v) is 13.3. The van der Waals surface area contributed by atoms with Gasteiger partial charge in [0.1, 0.15) is 0 Å². The minimum Gasteiger partial charge on any atom is -0.444 e. The molecule has 1 amide bonds. The number of aromatic nitrogens is 1. The average molecular weight is 318 g/mol. The number of benzene rings is 2. The first-order valence-electron chi connectivity index (χ1n) is 8.13. The molecular formula is C20H18N2O2. The molecule has 1 fully saturated rings. The number of hydrogen-bond acceptors (Lipinski definition) is 3. The van der Waals surface area contributed by atoms with Crippen molar-refractivity contribution in [2.24, 2.45) is 5.92 Å². The van der Waals surface area contributed by atoms with E-state index in [-0.39, 0.29) is 5.91 Å². The van der Waals surface area contributed by atoms with E-state index in [0.717, 1.165) is 30.0 Å². The van der Waals surface area contributed by atoms with Crippen molar-refractivity contribution < 1.29 is 9.21 Å². The van der Waals surface area contributed by atoms with E-state index < -0.39 is 0 Å². The number of carbonyl (C=O) groups excluding carboxylic acids is 1. The van der Waals surface area contributed by atoms with Crippen LogP contribution in [-0.2, 0) is 11.2 Å². The second-order valence-electron chi connectivity index (χ2n) is 6.18. The SMILES string of the molecule is O=C1CC(Cc2ccc(-c3cnco3)cc2)CN1c1ccccc1. The number of para-hydroxylation sites is 1. The van der Waals surface area contributed by atoms with E-state index in [1.165, 1.54) is 12.0 Å². The fourth-order valence-electron chi connectivity index (χ4n) is 3.27. The van der Waals surface area contributed by atoms with Gasteiger partial charge in [0, 0.05) is 24.2 Å². The van der Waals surface area contributed by atoms with Crippen LogP contribution in [0.5, 0.6) is 0 Å². The second-order valence-corrected chi connectivity index (χ2v) is 6.18. The van der Waals surface area contributed by atoms with Crippen LogP contribution in [0.4, 0.5) is 5.69 Å². The number of hydrogen-bond donors (Lipinski definition) is 0. The van der Waals surface area contributed by atoms with Crippen LogP contribution >= 0.6 is 0 Å². The summed E-state index contributed by atoms with van der Waals surface area (Å²) in [6.45, 7) is 0.784. The maximum absolute atomic E-state index is 12.3. The summed E-state index contributed by atoms with van der Waals surface area (Å²) in [4.78, 5) is 18.1. The van der Waals surface area contributed by atoms with Crippen LogP contribution in [0.25, 0.3) is 11.3 Å². The molecule has 1 unspecified atom stereocenters. The van der Waals surface area contributed by atoms with Gasteiger partial charge in [-0.05, 0) is 30.0 Å². The van der Waals surface area contributed by atoms with Crippen LogP contribution in [-0.4, -0.2) is 17.4 Å². The Kier molecular flexibility index (Phi) is 3.87. The molecule has 0 saturated carbocycles. The first-order valence-corrected chi connectivity index (χ1v) is 8.13. The lowest BCUT2D eigenvalue weighted by molar-refractivity contribution is -0.117. The van der Waals surface area contributed by atoms with Crippen molar-refractivity contribution in [2.45, 2.75) is 12.8 Å². The third-order valence-electron chi connectivity index (χ3n) is 4.47. The number of anilines is 1. The van der Waals surface area contributed by atoms with E-state index in [2.05, 4.69) is 17.1 Å². The monoisotopic (exact) mass is 318 g/mol. The van der Waals surface area contributed by atoms with Crippen LogP contribution in [0, 0.1) is 5.92 Å². The molecule has 24 heavy (non-hydrogen) atoms. The van der Waals surface area contributed by atoms with Gasteiger partial charge in [0.25, 0.3) is 0 Å². The molecule has 0 bridgehead atoms. The van der Waals surface area contributed by atoms with Crippen molar-refractivity contribution in [1.29, 1.82) is 0 Å². The molecule has 120 valence electrons. The summed E-state index contributed by atoms with van der Waals surface area (Å²) >= 11 is 0. The molecule has 1 aliphatic rings. The smallest absolute Gasteiger partial charge is 0.227 e. The van der Waals surface area contributed by atoms with Gasteiger partial charge in [-0.2, -0.15) is 0 Å². The predicted molar refractivity (Wildman–Crippen MR) is 92.5 cm³/mol. The van der Waals surface area contributed by atoms with Gasteiger partial charge in [0.2, 0.25) is 5.91 Å². The van der Waals surface area contributed by atoms with Crippen molar-refractivity contribution in [3.63, 3.8) is 0 Å². The first kappa shape index (κ1) is 14.7. The minimum atomic E-state index is 0.212. The van der Waals surface area contributed by atoms with Crippen molar-refractivity contribution in [3.05, 3.63) is 72.8 Å². The molecule has 2 heterocycles. The zero-order chi connectivity index (χ0) is 16.4. The lowest BCUT2D eigenvalue weighted by Crippen LogP contribution is -2.24. The Morgan fingerprint density at radius 3 is 2.58 bits per heavy atom. The summed E-state index contributed by atoms with van der Waals surface area (Å²) in [5.41, 5.74) is 3.25. The summed E-state index contributed by atoms with van der Waals surface area (Å²) in [5.74, 6) is 1.34. The van der Waals surface area contributed by atoms with Crippen LogP contribution in [0.2, 0.25) is 0 Å². The quantitative estimate of drug-likeness (QED) is 0.732. The Morgan fingerprint density at radius 1 is 1.08 bits per heavy atom. The summed E-state index contributed by atoms with van der Waals surface area (Å²) in [5, 5.41) is 0. The van der Waals surface area contributed by atoms with Crippen LogP contribution in [0.1, 0.15) is 12.0 Å². The Morgan fingerprint density at radius 2 is 1.88 bits per heavy atom. The van der Waals surface area contributed by atoms with Crippen molar-refractivity contribution in [2.75, 3.05) is 11.4 Å². The number of carbonyl (C=O) groups is 1. The molecule has 1 aromatic heterocycles. The zero-order valence-electron chi connectivity index (χ0n) is 13.3. The first-order chi connectivity index (χ1) is 11.8. The fourth-order valence-corrected chi connectivity index (χ4v) is 3.27.